The van der Waals surface area contributed by atoms with Crippen LogP contribution in [0.2, 0.25) is 0 Å². The van der Waals surface area contributed by atoms with E-state index < -0.39 is 0 Å². The number of anilines is 1. The molecule has 0 saturated carbocycles. The average molecular weight is 249 g/mol. The van der Waals surface area contributed by atoms with Gasteiger partial charge in [-0.25, -0.2) is 0 Å². The molecule has 2 aromatic heterocycles. The highest BCUT2D eigenvalue weighted by Crippen LogP contribution is 2.25. The van der Waals surface area contributed by atoms with Crippen LogP contribution in [0, 0.1) is 0 Å². The van der Waals surface area contributed by atoms with Gasteiger partial charge in [-0.05, 0) is 12.1 Å². The minimum Gasteiger partial charge on any atom is -0.330 e. The number of pyridine rings is 1. The molecule has 0 bridgehead atoms. The summed E-state index contributed by atoms with van der Waals surface area (Å²) in [5.41, 5.74) is 6.16. The molecular formula is C10H11N5OS. The van der Waals surface area contributed by atoms with Crippen molar-refractivity contribution in [3.05, 3.63) is 24.5 Å². The highest BCUT2D eigenvalue weighted by atomic mass is 32.1. The molecule has 0 aliphatic heterocycles. The summed E-state index contributed by atoms with van der Waals surface area (Å²) in [6.07, 6.45) is 3.67. The number of aromatic nitrogens is 3. The minimum atomic E-state index is -0.151. The summed E-state index contributed by atoms with van der Waals surface area (Å²) >= 11 is 1.31. The van der Waals surface area contributed by atoms with Crippen molar-refractivity contribution in [3.8, 4) is 10.6 Å². The maximum atomic E-state index is 11.3. The third kappa shape index (κ3) is 3.05. The van der Waals surface area contributed by atoms with E-state index in [1.807, 2.05) is 12.1 Å². The van der Waals surface area contributed by atoms with Gasteiger partial charge in [-0.1, -0.05) is 11.3 Å². The first-order valence-corrected chi connectivity index (χ1v) is 5.85. The predicted octanol–water partition coefficient (Wildman–Crippen LogP) is 0.887. The molecule has 3 N–H and O–H groups in total. The van der Waals surface area contributed by atoms with E-state index in [4.69, 9.17) is 5.73 Å². The number of carbonyl (C=O) groups is 1. The van der Waals surface area contributed by atoms with Gasteiger partial charge in [-0.2, -0.15) is 0 Å². The molecule has 2 rings (SSSR count). The summed E-state index contributed by atoms with van der Waals surface area (Å²) in [6, 6.07) is 3.71. The zero-order valence-corrected chi connectivity index (χ0v) is 9.78. The Kier molecular flexibility index (Phi) is 3.73. The van der Waals surface area contributed by atoms with Crippen LogP contribution in [0.5, 0.6) is 0 Å². The van der Waals surface area contributed by atoms with Crippen LogP contribution in [-0.4, -0.2) is 27.6 Å². The molecule has 0 aliphatic rings. The van der Waals surface area contributed by atoms with Crippen LogP contribution < -0.4 is 11.1 Å². The van der Waals surface area contributed by atoms with Crippen molar-refractivity contribution < 1.29 is 4.79 Å². The molecule has 88 valence electrons. The highest BCUT2D eigenvalue weighted by Gasteiger charge is 2.08. The van der Waals surface area contributed by atoms with Gasteiger partial charge in [0.2, 0.25) is 11.0 Å². The standard InChI is InChI=1S/C10H11N5OS/c11-4-3-8(16)13-10-15-14-9(17-10)7-2-1-5-12-6-7/h1-2,5-6H,3-4,11H2,(H,13,15,16). The van der Waals surface area contributed by atoms with Gasteiger partial charge in [-0.15, -0.1) is 10.2 Å². The summed E-state index contributed by atoms with van der Waals surface area (Å²) < 4.78 is 0. The second-order valence-electron chi connectivity index (χ2n) is 3.24. The molecule has 1 amide bonds. The Bertz CT molecular complexity index is 498. The number of hydrogen-bond donors (Lipinski definition) is 2. The molecule has 0 spiro atoms. The van der Waals surface area contributed by atoms with Gasteiger partial charge in [0.1, 0.15) is 0 Å². The molecular weight excluding hydrogens is 238 g/mol. The first-order valence-electron chi connectivity index (χ1n) is 5.03. The fourth-order valence-electron chi connectivity index (χ4n) is 1.19. The number of nitrogens with two attached hydrogens (primary N) is 1. The zero-order chi connectivity index (χ0) is 12.1. The van der Waals surface area contributed by atoms with Crippen LogP contribution in [0.1, 0.15) is 6.42 Å². The lowest BCUT2D eigenvalue weighted by Gasteiger charge is -1.97. The Morgan fingerprint density at radius 1 is 1.47 bits per heavy atom. The summed E-state index contributed by atoms with van der Waals surface area (Å²) in [4.78, 5) is 15.3. The molecule has 0 aliphatic carbocycles. The van der Waals surface area contributed by atoms with E-state index in [9.17, 15) is 4.79 Å². The molecule has 0 radical (unpaired) electrons. The normalized spacial score (nSPS) is 10.2. The Morgan fingerprint density at radius 2 is 2.35 bits per heavy atom. The Labute approximate surface area is 102 Å². The maximum Gasteiger partial charge on any atom is 0.227 e. The Hall–Kier alpha value is -1.86. The first kappa shape index (κ1) is 11.6. The zero-order valence-electron chi connectivity index (χ0n) is 8.96. The molecule has 0 aromatic carbocycles. The largest absolute Gasteiger partial charge is 0.330 e. The van der Waals surface area contributed by atoms with Crippen LogP contribution >= 0.6 is 11.3 Å². The van der Waals surface area contributed by atoms with E-state index >= 15 is 0 Å². The molecule has 7 heteroatoms. The highest BCUT2D eigenvalue weighted by molar-refractivity contribution is 7.18. The summed E-state index contributed by atoms with van der Waals surface area (Å²) in [6.45, 7) is 0.320. The second kappa shape index (κ2) is 5.46. The van der Waals surface area contributed by atoms with Crippen molar-refractivity contribution in [3.63, 3.8) is 0 Å². The monoisotopic (exact) mass is 249 g/mol. The van der Waals surface area contributed by atoms with Gasteiger partial charge < -0.3 is 11.1 Å². The number of nitrogens with one attached hydrogen (secondary N) is 1. The van der Waals surface area contributed by atoms with E-state index in [-0.39, 0.29) is 12.3 Å². The van der Waals surface area contributed by atoms with Crippen LogP contribution in [0.3, 0.4) is 0 Å². The third-order valence-corrected chi connectivity index (χ3v) is 2.84. The lowest BCUT2D eigenvalue weighted by atomic mass is 10.3. The van der Waals surface area contributed by atoms with Crippen LogP contribution in [0.15, 0.2) is 24.5 Å². The van der Waals surface area contributed by atoms with Crippen molar-refractivity contribution in [2.75, 3.05) is 11.9 Å². The van der Waals surface area contributed by atoms with E-state index in [2.05, 4.69) is 20.5 Å². The molecule has 0 fully saturated rings. The van der Waals surface area contributed by atoms with E-state index in [0.717, 1.165) is 10.6 Å². The number of hydrogen-bond acceptors (Lipinski definition) is 6. The Morgan fingerprint density at radius 3 is 3.06 bits per heavy atom. The topological polar surface area (TPSA) is 93.8 Å². The lowest BCUT2D eigenvalue weighted by molar-refractivity contribution is -0.116. The van der Waals surface area contributed by atoms with Crippen LogP contribution in [0.4, 0.5) is 5.13 Å². The molecule has 6 nitrogen and oxygen atoms in total. The van der Waals surface area contributed by atoms with E-state index in [1.165, 1.54) is 11.3 Å². The summed E-state index contributed by atoms with van der Waals surface area (Å²) in [5, 5.41) is 11.7. The number of rotatable bonds is 4. The summed E-state index contributed by atoms with van der Waals surface area (Å²) in [7, 11) is 0. The molecule has 0 unspecified atom stereocenters. The number of amides is 1. The van der Waals surface area contributed by atoms with Crippen molar-refractivity contribution in [2.45, 2.75) is 6.42 Å². The van der Waals surface area contributed by atoms with E-state index in [1.54, 1.807) is 12.4 Å². The molecule has 2 heterocycles. The maximum absolute atomic E-state index is 11.3. The average Bonchev–Trinajstić information content (AvgIpc) is 2.79. The van der Waals surface area contributed by atoms with Crippen LogP contribution in [0.25, 0.3) is 10.6 Å². The quantitative estimate of drug-likeness (QED) is 0.839. The SMILES string of the molecule is NCCC(=O)Nc1nnc(-c2cccnc2)s1. The smallest absolute Gasteiger partial charge is 0.227 e. The summed E-state index contributed by atoms with van der Waals surface area (Å²) in [5.74, 6) is -0.151. The number of nitrogens with zero attached hydrogens (tertiary/aromatic N) is 3. The lowest BCUT2D eigenvalue weighted by Crippen LogP contribution is -2.15. The van der Waals surface area contributed by atoms with Gasteiger partial charge in [0, 0.05) is 30.9 Å². The number of carbonyl (C=O) groups excluding carboxylic acids is 1. The second-order valence-corrected chi connectivity index (χ2v) is 4.22. The third-order valence-electron chi connectivity index (χ3n) is 1.95. The fourth-order valence-corrected chi connectivity index (χ4v) is 1.94. The molecule has 0 atom stereocenters. The van der Waals surface area contributed by atoms with Gasteiger partial charge in [0.25, 0.3) is 0 Å². The predicted molar refractivity (Wildman–Crippen MR) is 65.4 cm³/mol. The van der Waals surface area contributed by atoms with Crippen molar-refractivity contribution in [2.24, 2.45) is 5.73 Å². The van der Waals surface area contributed by atoms with Crippen molar-refractivity contribution in [1.82, 2.24) is 15.2 Å². The van der Waals surface area contributed by atoms with Gasteiger partial charge >= 0.3 is 0 Å². The van der Waals surface area contributed by atoms with Crippen LogP contribution in [-0.2, 0) is 4.79 Å². The molecule has 17 heavy (non-hydrogen) atoms. The van der Waals surface area contributed by atoms with Gasteiger partial charge in [0.05, 0.1) is 0 Å². The van der Waals surface area contributed by atoms with E-state index in [0.29, 0.717) is 11.7 Å². The first-order chi connectivity index (χ1) is 8.29. The molecule has 0 saturated heterocycles. The molecule has 2 aromatic rings. The minimum absolute atomic E-state index is 0.151. The van der Waals surface area contributed by atoms with Gasteiger partial charge in [-0.3, -0.25) is 9.78 Å². The van der Waals surface area contributed by atoms with Crippen molar-refractivity contribution in [1.29, 1.82) is 0 Å². The van der Waals surface area contributed by atoms with Crippen molar-refractivity contribution >= 4 is 22.4 Å². The Balaban J connectivity index is 2.09. The fraction of sp³-hybridized carbons (Fsp3) is 0.200. The van der Waals surface area contributed by atoms with Gasteiger partial charge in [0.15, 0.2) is 5.01 Å².